The molecule has 0 spiro atoms. The van der Waals surface area contributed by atoms with Crippen LogP contribution in [0.15, 0.2) is 53.7 Å². The van der Waals surface area contributed by atoms with E-state index >= 15 is 0 Å². The van der Waals surface area contributed by atoms with Crippen LogP contribution in [0.1, 0.15) is 44.1 Å². The van der Waals surface area contributed by atoms with Crippen LogP contribution >= 0.6 is 10.2 Å². The van der Waals surface area contributed by atoms with E-state index in [4.69, 9.17) is 4.74 Å². The van der Waals surface area contributed by atoms with Gasteiger partial charge < -0.3 is 9.64 Å². The molecule has 0 radical (unpaired) electrons. The lowest BCUT2D eigenvalue weighted by atomic mass is 9.85. The highest BCUT2D eigenvalue weighted by atomic mass is 32.5. The number of halogens is 7. The van der Waals surface area contributed by atoms with Gasteiger partial charge in [-0.25, -0.2) is 8.78 Å². The van der Waals surface area contributed by atoms with Gasteiger partial charge in [0.1, 0.15) is 10.9 Å². The van der Waals surface area contributed by atoms with Gasteiger partial charge in [0.05, 0.1) is 12.6 Å². The van der Waals surface area contributed by atoms with Gasteiger partial charge >= 0.3 is 10.2 Å². The van der Waals surface area contributed by atoms with Crippen molar-refractivity contribution >= 4 is 27.7 Å². The summed E-state index contributed by atoms with van der Waals surface area (Å²) in [6.07, 6.45) is 3.06. The van der Waals surface area contributed by atoms with Gasteiger partial charge in [-0.1, -0.05) is 25.5 Å². The molecule has 1 aromatic carbocycles. The van der Waals surface area contributed by atoms with Crippen molar-refractivity contribution in [1.82, 2.24) is 14.8 Å². The second-order valence-electron chi connectivity index (χ2n) is 11.4. The van der Waals surface area contributed by atoms with Crippen LogP contribution in [0.4, 0.5) is 33.9 Å². The van der Waals surface area contributed by atoms with E-state index in [0.717, 1.165) is 9.80 Å². The van der Waals surface area contributed by atoms with Crippen LogP contribution in [0, 0.1) is 11.5 Å². The summed E-state index contributed by atoms with van der Waals surface area (Å²) in [6, 6.07) is 2.90. The Morgan fingerprint density at radius 1 is 1.09 bits per heavy atom. The number of amides is 2. The summed E-state index contributed by atoms with van der Waals surface area (Å²) in [4.78, 5) is 34.4. The summed E-state index contributed by atoms with van der Waals surface area (Å²) in [5.74, 6) is -4.40. The minimum absolute atomic E-state index is 0.00166. The number of rotatable bonds is 7. The molecule has 5 rings (SSSR count). The first-order valence-electron chi connectivity index (χ1n) is 13.9. The van der Waals surface area contributed by atoms with Crippen LogP contribution in [0.3, 0.4) is 0 Å². The molecule has 3 atom stereocenters. The molecule has 3 aliphatic rings. The van der Waals surface area contributed by atoms with Crippen molar-refractivity contribution in [3.63, 3.8) is 0 Å². The molecular formula is C28H30F7N5O3S. The van der Waals surface area contributed by atoms with E-state index in [9.17, 15) is 43.1 Å². The zero-order chi connectivity index (χ0) is 32.2. The van der Waals surface area contributed by atoms with Crippen LogP contribution in [0.2, 0.25) is 0 Å². The molecule has 44 heavy (non-hydrogen) atoms. The zero-order valence-corrected chi connectivity index (χ0v) is 24.3. The fourth-order valence-corrected chi connectivity index (χ4v) is 7.13. The Morgan fingerprint density at radius 3 is 2.30 bits per heavy atom. The molecule has 2 aliphatic heterocycles. The normalized spacial score (nSPS) is 27.5. The van der Waals surface area contributed by atoms with E-state index < -0.39 is 69.4 Å². The second-order valence-corrected chi connectivity index (χ2v) is 13.8. The van der Waals surface area contributed by atoms with Gasteiger partial charge in [0.15, 0.2) is 11.7 Å². The third-order valence-electron chi connectivity index (χ3n) is 8.75. The number of benzene rings is 1. The Bertz CT molecular complexity index is 1460. The Hall–Kier alpha value is -3.58. The van der Waals surface area contributed by atoms with Crippen LogP contribution < -0.4 is 4.90 Å². The quantitative estimate of drug-likeness (QED) is 0.257. The average molecular weight is 650 g/mol. The van der Waals surface area contributed by atoms with Crippen LogP contribution in [0.5, 0.6) is 0 Å². The van der Waals surface area contributed by atoms with Crippen molar-refractivity contribution < 1.29 is 42.5 Å². The van der Waals surface area contributed by atoms with Crippen molar-refractivity contribution in [2.24, 2.45) is 0 Å². The van der Waals surface area contributed by atoms with Gasteiger partial charge in [-0.15, -0.1) is 0 Å². The van der Waals surface area contributed by atoms with Crippen LogP contribution in [-0.4, -0.2) is 70.9 Å². The second kappa shape index (κ2) is 10.2. The number of methoxy groups -OCH3 is 1. The Labute approximate surface area is 249 Å². The van der Waals surface area contributed by atoms with Crippen LogP contribution in [0.25, 0.3) is 0 Å². The van der Waals surface area contributed by atoms with E-state index in [1.807, 2.05) is 6.19 Å². The largest absolute Gasteiger partial charge is 0.379 e. The van der Waals surface area contributed by atoms with E-state index in [1.54, 1.807) is 0 Å². The van der Waals surface area contributed by atoms with Gasteiger partial charge in [-0.05, 0) is 43.2 Å². The summed E-state index contributed by atoms with van der Waals surface area (Å²) >= 11 is 0. The Balaban J connectivity index is 1.66. The van der Waals surface area contributed by atoms with E-state index in [2.05, 4.69) is 4.98 Å². The Morgan fingerprint density at radius 2 is 1.75 bits per heavy atom. The van der Waals surface area contributed by atoms with Gasteiger partial charge in [-0.2, -0.15) is 5.26 Å². The number of carbonyl (C=O) groups is 2. The molecule has 8 nitrogen and oxygen atoms in total. The van der Waals surface area contributed by atoms with Crippen molar-refractivity contribution in [3.05, 3.63) is 54.4 Å². The summed E-state index contributed by atoms with van der Waals surface area (Å²) in [5, 5.41) is 9.79. The van der Waals surface area contributed by atoms with Gasteiger partial charge in [-0.3, -0.25) is 24.4 Å². The number of likely N-dealkylation sites (tertiary alicyclic amines) is 2. The van der Waals surface area contributed by atoms with Crippen molar-refractivity contribution in [2.75, 3.05) is 25.1 Å². The molecule has 16 heteroatoms. The minimum Gasteiger partial charge on any atom is -0.379 e. The summed E-state index contributed by atoms with van der Waals surface area (Å²) < 4.78 is 101. The lowest BCUT2D eigenvalue weighted by molar-refractivity contribution is -0.139. The average Bonchev–Trinajstić information content (AvgIpc) is 3.54. The predicted molar refractivity (Wildman–Crippen MR) is 146 cm³/mol. The molecule has 0 N–H and O–H groups in total. The van der Waals surface area contributed by atoms with Crippen molar-refractivity contribution in [1.29, 1.82) is 5.26 Å². The molecule has 3 heterocycles. The molecule has 3 unspecified atom stereocenters. The molecule has 2 saturated heterocycles. The molecule has 1 aliphatic carbocycles. The first-order chi connectivity index (χ1) is 20.4. The predicted octanol–water partition coefficient (Wildman–Crippen LogP) is 6.35. The number of nitriles is 1. The Kier molecular flexibility index (Phi) is 7.40. The highest BCUT2D eigenvalue weighted by molar-refractivity contribution is 8.45. The fourth-order valence-electron chi connectivity index (χ4n) is 6.48. The molecule has 0 bridgehead atoms. The number of pyridine rings is 1. The fraction of sp³-hybridized carbons (Fsp3) is 0.500. The highest BCUT2D eigenvalue weighted by Crippen LogP contribution is 3.02. The molecule has 3 fully saturated rings. The number of hydrogen-bond acceptors (Lipinski definition) is 6. The minimum atomic E-state index is -10.1. The maximum atomic E-state index is 14.5. The molecule has 1 saturated carbocycles. The number of carbonyl (C=O) groups excluding carboxylic acids is 2. The van der Waals surface area contributed by atoms with Crippen molar-refractivity contribution in [2.45, 2.75) is 73.1 Å². The third-order valence-corrected chi connectivity index (χ3v) is 9.91. The standard InChI is InChI=1S/C28H30F7N5O3S/c1-43-22-15-24(38(17-22)18-36)25(41)40(21-4-6-23(7-5-21)44(31,32,33,34)35)28(19-3-2-13-37-16-19)12-14-39(26(28)42)20-8-10-27(29,30)11-9-20/h2-7,13,16,20,22,24H,8-12,14-15,17H2,1H3. The van der Waals surface area contributed by atoms with E-state index in [-0.39, 0.29) is 62.2 Å². The summed E-state index contributed by atoms with van der Waals surface area (Å²) in [7, 11) is -8.71. The highest BCUT2D eigenvalue weighted by Gasteiger charge is 2.65. The molecule has 2 aromatic rings. The number of alkyl halides is 2. The summed E-state index contributed by atoms with van der Waals surface area (Å²) in [5.41, 5.74) is -2.05. The SMILES string of the molecule is COC1CC(C(=O)N(c2ccc(S(F)(F)(F)(F)F)cc2)C2(c3cccnc3)CCN(C3CCC(F)(F)CC3)C2=O)N(C#N)C1. The van der Waals surface area contributed by atoms with E-state index in [0.29, 0.717) is 12.1 Å². The molecular weight excluding hydrogens is 619 g/mol. The van der Waals surface area contributed by atoms with E-state index in [1.165, 1.54) is 36.5 Å². The maximum Gasteiger partial charge on any atom is 0.310 e. The molecule has 240 valence electrons. The van der Waals surface area contributed by atoms with Gasteiger partial charge in [0, 0.05) is 69.0 Å². The number of aromatic nitrogens is 1. The van der Waals surface area contributed by atoms with Gasteiger partial charge in [0.2, 0.25) is 5.92 Å². The maximum absolute atomic E-state index is 14.5. The topological polar surface area (TPSA) is 89.8 Å². The lowest BCUT2D eigenvalue weighted by Crippen LogP contribution is -2.59. The van der Waals surface area contributed by atoms with Crippen LogP contribution in [-0.2, 0) is 19.9 Å². The number of ether oxygens (including phenoxy) is 1. The molecule has 2 amide bonds. The first-order valence-corrected chi connectivity index (χ1v) is 15.8. The number of hydrogen-bond donors (Lipinski definition) is 0. The number of anilines is 1. The monoisotopic (exact) mass is 649 g/mol. The third kappa shape index (κ3) is 5.79. The number of nitrogens with zero attached hydrogens (tertiary/aromatic N) is 5. The first kappa shape index (κ1) is 31.8. The summed E-state index contributed by atoms with van der Waals surface area (Å²) in [6.45, 7) is 0.0429. The lowest BCUT2D eigenvalue weighted by Gasteiger charge is -2.43. The smallest absolute Gasteiger partial charge is 0.310 e. The van der Waals surface area contributed by atoms with Gasteiger partial charge in [0.25, 0.3) is 11.8 Å². The zero-order valence-electron chi connectivity index (χ0n) is 23.5. The molecule has 1 aromatic heterocycles. The van der Waals surface area contributed by atoms with Crippen molar-refractivity contribution in [3.8, 4) is 6.19 Å².